The van der Waals surface area contributed by atoms with Gasteiger partial charge in [0, 0.05) is 19.2 Å². The first-order chi connectivity index (χ1) is 18.6. The van der Waals surface area contributed by atoms with Crippen molar-refractivity contribution in [1.29, 1.82) is 0 Å². The molecule has 1 fully saturated rings. The number of nitrogens with zero attached hydrogens (tertiary/aromatic N) is 3. The summed E-state index contributed by atoms with van der Waals surface area (Å²) in [6.45, 7) is 1.69. The summed E-state index contributed by atoms with van der Waals surface area (Å²) in [5.41, 5.74) is 2.20. The highest BCUT2D eigenvalue weighted by atomic mass is 35.5. The second-order valence-electron chi connectivity index (χ2n) is 8.37. The third-order valence-electron chi connectivity index (χ3n) is 5.81. The summed E-state index contributed by atoms with van der Waals surface area (Å²) in [6.07, 6.45) is 1.64. The molecule has 0 aliphatic carbocycles. The Hall–Kier alpha value is -4.35. The molecule has 1 amide bonds. The van der Waals surface area contributed by atoms with E-state index in [1.54, 1.807) is 56.4 Å². The molecule has 1 heterocycles. The fourth-order valence-electron chi connectivity index (χ4n) is 3.76. The first kappa shape index (κ1) is 27.7. The van der Waals surface area contributed by atoms with Crippen LogP contribution in [0, 0.1) is 17.0 Å². The van der Waals surface area contributed by atoms with Crippen LogP contribution in [0.4, 0.5) is 11.4 Å². The number of nitro groups is 1. The fourth-order valence-corrected chi connectivity index (χ4v) is 5.01. The number of aliphatic imine (C=N–C) groups is 1. The third kappa shape index (κ3) is 6.05. The highest BCUT2D eigenvalue weighted by molar-refractivity contribution is 8.18. The first-order valence-electron chi connectivity index (χ1n) is 11.4. The molecule has 200 valence electrons. The Balaban J connectivity index is 1.58. The zero-order valence-corrected chi connectivity index (χ0v) is 22.6. The number of carboxylic acid groups (broad SMARTS) is 1. The van der Waals surface area contributed by atoms with E-state index in [-0.39, 0.29) is 34.5 Å². The number of halogens is 1. The summed E-state index contributed by atoms with van der Waals surface area (Å²) in [7, 11) is 3.04. The number of likely N-dealkylation sites (N-methyl/N-ethyl adjacent to an activating group) is 1. The van der Waals surface area contributed by atoms with Crippen LogP contribution in [-0.2, 0) is 11.4 Å². The number of thioether (sulfide) groups is 1. The van der Waals surface area contributed by atoms with Gasteiger partial charge >= 0.3 is 5.97 Å². The SMILES string of the molecule is COc1cc(/C=C2\SC(=Nc3cccc(C(=O)O)c3C)N(C)C2=O)cc(Cl)c1OCc1cccc([N+](=O)[O-])c1. The molecule has 3 aromatic carbocycles. The Morgan fingerprint density at radius 1 is 1.23 bits per heavy atom. The molecule has 0 saturated carbocycles. The molecule has 3 aromatic rings. The standard InChI is InChI=1S/C27H22ClN3O7S/c1-15-19(26(33)34)8-5-9-21(15)29-27-30(2)25(32)23(39-27)13-17-11-20(28)24(22(12-17)37-3)38-14-16-6-4-7-18(10-16)31(35)36/h4-13H,14H2,1-3H3,(H,33,34)/b23-13-,29-27?. The molecule has 1 saturated heterocycles. The Labute approximate surface area is 232 Å². The van der Waals surface area contributed by atoms with E-state index in [2.05, 4.69) is 4.99 Å². The molecule has 0 radical (unpaired) electrons. The van der Waals surface area contributed by atoms with Gasteiger partial charge in [0.1, 0.15) is 6.61 Å². The van der Waals surface area contributed by atoms with E-state index >= 15 is 0 Å². The van der Waals surface area contributed by atoms with Crippen LogP contribution in [0.1, 0.15) is 27.0 Å². The van der Waals surface area contributed by atoms with Crippen molar-refractivity contribution in [2.45, 2.75) is 13.5 Å². The molecule has 1 aliphatic rings. The minimum absolute atomic E-state index is 0.0274. The second-order valence-corrected chi connectivity index (χ2v) is 9.79. The van der Waals surface area contributed by atoms with Crippen LogP contribution >= 0.6 is 23.4 Å². The highest BCUT2D eigenvalue weighted by Crippen LogP contribution is 2.40. The van der Waals surface area contributed by atoms with Gasteiger partial charge in [-0.2, -0.15) is 0 Å². The van der Waals surface area contributed by atoms with Gasteiger partial charge in [-0.1, -0.05) is 29.8 Å². The van der Waals surface area contributed by atoms with Crippen LogP contribution in [0.25, 0.3) is 6.08 Å². The van der Waals surface area contributed by atoms with Crippen molar-refractivity contribution in [2.24, 2.45) is 4.99 Å². The van der Waals surface area contributed by atoms with Crippen LogP contribution in [0.5, 0.6) is 11.5 Å². The molecule has 0 aromatic heterocycles. The van der Waals surface area contributed by atoms with Crippen molar-refractivity contribution in [2.75, 3.05) is 14.2 Å². The van der Waals surface area contributed by atoms with E-state index in [0.717, 1.165) is 11.8 Å². The summed E-state index contributed by atoms with van der Waals surface area (Å²) >= 11 is 7.63. The molecule has 39 heavy (non-hydrogen) atoms. The van der Waals surface area contributed by atoms with Gasteiger partial charge < -0.3 is 14.6 Å². The summed E-state index contributed by atoms with van der Waals surface area (Å²) in [5.74, 6) is -0.765. The van der Waals surface area contributed by atoms with Crippen LogP contribution in [-0.4, -0.2) is 46.1 Å². The summed E-state index contributed by atoms with van der Waals surface area (Å²) in [5, 5.41) is 21.0. The minimum atomic E-state index is -1.05. The Morgan fingerprint density at radius 2 is 1.97 bits per heavy atom. The molecule has 1 N–H and O–H groups in total. The number of hydrogen-bond acceptors (Lipinski definition) is 8. The number of ether oxygens (including phenoxy) is 2. The molecule has 0 bridgehead atoms. The number of amidine groups is 1. The quantitative estimate of drug-likeness (QED) is 0.197. The van der Waals surface area contributed by atoms with Crippen molar-refractivity contribution in [3.63, 3.8) is 0 Å². The molecule has 4 rings (SSSR count). The van der Waals surface area contributed by atoms with Gasteiger partial charge in [0.15, 0.2) is 16.7 Å². The number of carbonyl (C=O) groups is 2. The molecule has 0 atom stereocenters. The second kappa shape index (κ2) is 11.6. The van der Waals surface area contributed by atoms with Crippen molar-refractivity contribution in [3.8, 4) is 11.5 Å². The van der Waals surface area contributed by atoms with Gasteiger partial charge in [0.2, 0.25) is 0 Å². The smallest absolute Gasteiger partial charge is 0.336 e. The van der Waals surface area contributed by atoms with Gasteiger partial charge in [-0.15, -0.1) is 0 Å². The third-order valence-corrected chi connectivity index (χ3v) is 7.15. The normalized spacial score (nSPS) is 15.2. The molecule has 12 heteroatoms. The summed E-state index contributed by atoms with van der Waals surface area (Å²) in [6, 6.07) is 14.1. The zero-order valence-electron chi connectivity index (χ0n) is 21.0. The zero-order chi connectivity index (χ0) is 28.3. The average molecular weight is 568 g/mol. The Kier molecular flexibility index (Phi) is 8.22. The number of hydrogen-bond donors (Lipinski definition) is 1. The number of aromatic carboxylic acids is 1. The number of rotatable bonds is 8. The van der Waals surface area contributed by atoms with Crippen molar-refractivity contribution in [3.05, 3.63) is 96.9 Å². The predicted octanol–water partition coefficient (Wildman–Crippen LogP) is 6.08. The summed E-state index contributed by atoms with van der Waals surface area (Å²) in [4.78, 5) is 41.2. The molecule has 10 nitrogen and oxygen atoms in total. The van der Waals surface area contributed by atoms with Gasteiger partial charge in [-0.05, 0) is 65.7 Å². The Morgan fingerprint density at radius 3 is 2.67 bits per heavy atom. The molecular formula is C27H22ClN3O7S. The number of benzene rings is 3. The fraction of sp³-hybridized carbons (Fsp3) is 0.148. The maximum absolute atomic E-state index is 12.9. The number of carbonyl (C=O) groups excluding carboxylic acids is 1. The van der Waals surface area contributed by atoms with E-state index < -0.39 is 10.9 Å². The topological polar surface area (TPSA) is 132 Å². The first-order valence-corrected chi connectivity index (χ1v) is 12.6. The average Bonchev–Trinajstić information content (AvgIpc) is 3.16. The largest absolute Gasteiger partial charge is 0.493 e. The van der Waals surface area contributed by atoms with Crippen molar-refractivity contribution < 1.29 is 29.1 Å². The predicted molar refractivity (Wildman–Crippen MR) is 149 cm³/mol. The maximum atomic E-state index is 12.9. The molecule has 0 unspecified atom stereocenters. The van der Waals surface area contributed by atoms with Gasteiger partial charge in [-0.3, -0.25) is 19.8 Å². The van der Waals surface area contributed by atoms with E-state index in [0.29, 0.717) is 38.2 Å². The van der Waals surface area contributed by atoms with Crippen LogP contribution in [0.3, 0.4) is 0 Å². The number of methoxy groups -OCH3 is 1. The van der Waals surface area contributed by atoms with E-state index in [1.807, 2.05) is 0 Å². The lowest BCUT2D eigenvalue weighted by molar-refractivity contribution is -0.384. The highest BCUT2D eigenvalue weighted by Gasteiger charge is 2.31. The van der Waals surface area contributed by atoms with E-state index in [4.69, 9.17) is 21.1 Å². The number of non-ortho nitro benzene ring substituents is 1. The molecule has 0 spiro atoms. The number of nitro benzene ring substituents is 1. The van der Waals surface area contributed by atoms with Gasteiger partial charge in [0.05, 0.1) is 33.2 Å². The number of amides is 1. The summed E-state index contributed by atoms with van der Waals surface area (Å²) < 4.78 is 11.3. The number of carboxylic acids is 1. The lowest BCUT2D eigenvalue weighted by atomic mass is 10.1. The van der Waals surface area contributed by atoms with Crippen molar-refractivity contribution in [1.82, 2.24) is 4.90 Å². The van der Waals surface area contributed by atoms with Gasteiger partial charge in [0.25, 0.3) is 11.6 Å². The lowest BCUT2D eigenvalue weighted by Crippen LogP contribution is -2.23. The Bertz CT molecular complexity index is 1550. The maximum Gasteiger partial charge on any atom is 0.336 e. The lowest BCUT2D eigenvalue weighted by Gasteiger charge is -2.13. The van der Waals surface area contributed by atoms with Gasteiger partial charge in [-0.25, -0.2) is 9.79 Å². The van der Waals surface area contributed by atoms with Crippen molar-refractivity contribution >= 4 is 57.9 Å². The van der Waals surface area contributed by atoms with Crippen LogP contribution < -0.4 is 9.47 Å². The molecular weight excluding hydrogens is 546 g/mol. The molecule has 1 aliphatic heterocycles. The monoisotopic (exact) mass is 567 g/mol. The van der Waals surface area contributed by atoms with E-state index in [1.165, 1.54) is 30.2 Å². The minimum Gasteiger partial charge on any atom is -0.493 e. The van der Waals surface area contributed by atoms with Crippen LogP contribution in [0.2, 0.25) is 5.02 Å². The van der Waals surface area contributed by atoms with E-state index in [9.17, 15) is 24.8 Å². The van der Waals surface area contributed by atoms with Crippen LogP contribution in [0.15, 0.2) is 64.5 Å².